The van der Waals surface area contributed by atoms with Gasteiger partial charge in [0.1, 0.15) is 4.91 Å². The molecule has 2 bridgehead atoms. The lowest BCUT2D eigenvalue weighted by Crippen LogP contribution is -2.55. The van der Waals surface area contributed by atoms with Crippen LogP contribution in [0.3, 0.4) is 0 Å². The van der Waals surface area contributed by atoms with Crippen molar-refractivity contribution in [2.24, 2.45) is 22.7 Å². The summed E-state index contributed by atoms with van der Waals surface area (Å²) in [7, 11) is 1.26. The van der Waals surface area contributed by atoms with E-state index in [1.165, 1.54) is 13.2 Å². The number of hydrogen-bond acceptors (Lipinski definition) is 5. The summed E-state index contributed by atoms with van der Waals surface area (Å²) in [4.78, 5) is 42.0. The van der Waals surface area contributed by atoms with Crippen molar-refractivity contribution in [3.63, 3.8) is 0 Å². The molecule has 4 atom stereocenters. The molecule has 2 aliphatic carbocycles. The van der Waals surface area contributed by atoms with E-state index in [1.807, 2.05) is 0 Å². The van der Waals surface area contributed by atoms with E-state index >= 15 is 0 Å². The second-order valence-electron chi connectivity index (χ2n) is 5.51. The van der Waals surface area contributed by atoms with Crippen LogP contribution in [0, 0.1) is 17.8 Å². The van der Waals surface area contributed by atoms with Crippen LogP contribution in [-0.2, 0) is 19.1 Å². The summed E-state index contributed by atoms with van der Waals surface area (Å²) in [6.45, 7) is 0. The number of rotatable bonds is 1. The van der Waals surface area contributed by atoms with Gasteiger partial charge in [-0.1, -0.05) is 12.2 Å². The first-order valence-corrected chi connectivity index (χ1v) is 7.53. The Morgan fingerprint density at radius 2 is 2.14 bits per heavy atom. The molecule has 0 aromatic rings. The predicted molar refractivity (Wildman–Crippen MR) is 75.0 cm³/mol. The molecule has 21 heavy (non-hydrogen) atoms. The lowest BCUT2D eigenvalue weighted by atomic mass is 9.86. The van der Waals surface area contributed by atoms with Gasteiger partial charge in [-0.3, -0.25) is 14.5 Å². The molecule has 7 heteroatoms. The van der Waals surface area contributed by atoms with Crippen molar-refractivity contribution < 1.29 is 19.1 Å². The van der Waals surface area contributed by atoms with Gasteiger partial charge >= 0.3 is 5.97 Å². The molecule has 0 unspecified atom stereocenters. The molecule has 0 radical (unpaired) electrons. The van der Waals surface area contributed by atoms with Gasteiger partial charge in [0.05, 0.1) is 19.1 Å². The number of nitrogens with zero attached hydrogens (tertiary/aromatic N) is 2. The molecule has 0 saturated heterocycles. The minimum atomic E-state index is -0.585. The van der Waals surface area contributed by atoms with Gasteiger partial charge in [-0.25, -0.2) is 4.79 Å². The fourth-order valence-corrected chi connectivity index (χ4v) is 4.62. The van der Waals surface area contributed by atoms with Gasteiger partial charge in [0.2, 0.25) is 0 Å². The molecule has 0 aromatic carbocycles. The average molecular weight is 304 g/mol. The Labute approximate surface area is 124 Å². The topological polar surface area (TPSA) is 76.0 Å². The van der Waals surface area contributed by atoms with E-state index in [2.05, 4.69) is 21.9 Å². The fraction of sp³-hybridized carbons (Fsp3) is 0.429. The van der Waals surface area contributed by atoms with Gasteiger partial charge in [0, 0.05) is 6.08 Å². The molecule has 2 aliphatic heterocycles. The van der Waals surface area contributed by atoms with Crippen LogP contribution in [0.1, 0.15) is 6.42 Å². The zero-order valence-electron chi connectivity index (χ0n) is 11.2. The SMILES string of the molecule is COC(=O)C1=CC(=O)N2C(=NC(=O)[C@H]3[C@@H]2[C@@H]2C=C[C@H]3C2)S1. The molecular weight excluding hydrogens is 292 g/mol. The Bertz CT molecular complexity index is 666. The highest BCUT2D eigenvalue weighted by atomic mass is 32.2. The summed E-state index contributed by atoms with van der Waals surface area (Å²) in [5.41, 5.74) is 0. The number of carbonyl (C=O) groups excluding carboxylic acids is 3. The van der Waals surface area contributed by atoms with Gasteiger partial charge in [0.15, 0.2) is 5.17 Å². The van der Waals surface area contributed by atoms with E-state index in [0.29, 0.717) is 5.17 Å². The number of hydrogen-bond donors (Lipinski definition) is 0. The van der Waals surface area contributed by atoms with Crippen LogP contribution in [0.5, 0.6) is 0 Å². The Kier molecular flexibility index (Phi) is 2.63. The lowest BCUT2D eigenvalue weighted by Gasteiger charge is -2.40. The maximum absolute atomic E-state index is 12.4. The van der Waals surface area contributed by atoms with E-state index in [1.54, 1.807) is 4.90 Å². The van der Waals surface area contributed by atoms with E-state index in [9.17, 15) is 14.4 Å². The highest BCUT2D eigenvalue weighted by molar-refractivity contribution is 8.18. The van der Waals surface area contributed by atoms with Crippen molar-refractivity contribution in [1.82, 2.24) is 4.90 Å². The number of amides is 2. The molecule has 108 valence electrons. The second-order valence-corrected chi connectivity index (χ2v) is 6.52. The number of allylic oxidation sites excluding steroid dienone is 1. The Balaban J connectivity index is 1.75. The number of aliphatic imine (C=N–C) groups is 1. The monoisotopic (exact) mass is 304 g/mol. The summed E-state index contributed by atoms with van der Waals surface area (Å²) >= 11 is 1.03. The van der Waals surface area contributed by atoms with E-state index in [0.717, 1.165) is 18.2 Å². The van der Waals surface area contributed by atoms with E-state index in [4.69, 9.17) is 0 Å². The maximum atomic E-state index is 12.4. The zero-order chi connectivity index (χ0) is 14.7. The molecule has 4 rings (SSSR count). The maximum Gasteiger partial charge on any atom is 0.345 e. The Hall–Kier alpha value is -1.89. The standard InChI is InChI=1S/C14H12N2O4S/c1-20-13(19)8-5-9(17)16-11-7-3-2-6(4-7)10(11)12(18)15-14(16)21-8/h2-3,5-7,10-11H,4H2,1H3/t6-,7+,10+,11-/m0/s1. The van der Waals surface area contributed by atoms with Crippen molar-refractivity contribution in [3.8, 4) is 0 Å². The molecule has 2 amide bonds. The first-order valence-electron chi connectivity index (χ1n) is 6.72. The number of esters is 1. The largest absolute Gasteiger partial charge is 0.465 e. The molecule has 6 nitrogen and oxygen atoms in total. The number of ether oxygens (including phenoxy) is 1. The molecule has 0 spiro atoms. The molecular formula is C14H12N2O4S. The number of thioether (sulfide) groups is 1. The van der Waals surface area contributed by atoms with Gasteiger partial charge < -0.3 is 4.74 Å². The number of fused-ring (bicyclic) bond motifs is 7. The third-order valence-corrected chi connectivity index (χ3v) is 5.47. The summed E-state index contributed by atoms with van der Waals surface area (Å²) < 4.78 is 4.63. The highest BCUT2D eigenvalue weighted by Gasteiger charge is 2.55. The molecule has 0 N–H and O–H groups in total. The summed E-state index contributed by atoms with van der Waals surface area (Å²) in [6, 6.07) is -0.157. The number of carbonyl (C=O) groups is 3. The molecule has 1 saturated carbocycles. The first kappa shape index (κ1) is 12.8. The van der Waals surface area contributed by atoms with Crippen LogP contribution < -0.4 is 0 Å². The van der Waals surface area contributed by atoms with Gasteiger partial charge in [-0.2, -0.15) is 4.99 Å². The quantitative estimate of drug-likeness (QED) is 0.526. The summed E-state index contributed by atoms with van der Waals surface area (Å²) in [5.74, 6) is -0.918. The van der Waals surface area contributed by atoms with Crippen LogP contribution in [0.25, 0.3) is 0 Å². The average Bonchev–Trinajstić information content (AvgIpc) is 3.07. The van der Waals surface area contributed by atoms with Crippen molar-refractivity contribution in [2.45, 2.75) is 12.5 Å². The smallest absolute Gasteiger partial charge is 0.345 e. The molecule has 1 fully saturated rings. The minimum Gasteiger partial charge on any atom is -0.465 e. The van der Waals surface area contributed by atoms with Crippen molar-refractivity contribution in [2.75, 3.05) is 7.11 Å². The normalized spacial score (nSPS) is 36.1. The first-order chi connectivity index (χ1) is 10.1. The second kappa shape index (κ2) is 4.30. The molecule has 2 heterocycles. The Morgan fingerprint density at radius 3 is 2.90 bits per heavy atom. The van der Waals surface area contributed by atoms with Crippen molar-refractivity contribution in [3.05, 3.63) is 23.1 Å². The lowest BCUT2D eigenvalue weighted by molar-refractivity contribution is -0.136. The van der Waals surface area contributed by atoms with Gasteiger partial charge in [-0.05, 0) is 30.0 Å². The third-order valence-electron chi connectivity index (χ3n) is 4.49. The summed E-state index contributed by atoms with van der Waals surface area (Å²) in [5, 5.41) is 0.301. The zero-order valence-corrected chi connectivity index (χ0v) is 12.0. The predicted octanol–water partition coefficient (Wildman–Crippen LogP) is 0.706. The van der Waals surface area contributed by atoms with Crippen LogP contribution in [-0.4, -0.2) is 41.0 Å². The van der Waals surface area contributed by atoms with Gasteiger partial charge in [-0.15, -0.1) is 0 Å². The third kappa shape index (κ3) is 1.67. The van der Waals surface area contributed by atoms with Crippen LogP contribution >= 0.6 is 11.8 Å². The fourth-order valence-electron chi connectivity index (χ4n) is 3.65. The van der Waals surface area contributed by atoms with Crippen molar-refractivity contribution >= 4 is 34.7 Å². The van der Waals surface area contributed by atoms with E-state index in [-0.39, 0.29) is 40.5 Å². The van der Waals surface area contributed by atoms with Crippen molar-refractivity contribution in [1.29, 1.82) is 0 Å². The molecule has 0 aromatic heterocycles. The van der Waals surface area contributed by atoms with Crippen LogP contribution in [0.15, 0.2) is 28.1 Å². The summed E-state index contributed by atoms with van der Waals surface area (Å²) in [6.07, 6.45) is 6.31. The van der Waals surface area contributed by atoms with Gasteiger partial charge in [0.25, 0.3) is 11.8 Å². The number of amidine groups is 1. The van der Waals surface area contributed by atoms with Crippen LogP contribution in [0.4, 0.5) is 0 Å². The minimum absolute atomic E-state index is 0.157. The van der Waals surface area contributed by atoms with Crippen LogP contribution in [0.2, 0.25) is 0 Å². The van der Waals surface area contributed by atoms with E-state index < -0.39 is 5.97 Å². The Morgan fingerprint density at radius 1 is 1.38 bits per heavy atom. The molecule has 4 aliphatic rings. The highest BCUT2D eigenvalue weighted by Crippen LogP contribution is 2.50. The number of methoxy groups -OCH3 is 1.